The van der Waals surface area contributed by atoms with E-state index in [2.05, 4.69) is 20.9 Å². The first-order valence-electron chi connectivity index (χ1n) is 7.83. The summed E-state index contributed by atoms with van der Waals surface area (Å²) in [6.45, 7) is 6.64. The molecule has 1 rings (SSSR count). The molecule has 0 radical (unpaired) electrons. The van der Waals surface area contributed by atoms with Gasteiger partial charge in [-0.25, -0.2) is 0 Å². The maximum atomic E-state index is 11.8. The van der Waals surface area contributed by atoms with Gasteiger partial charge in [-0.3, -0.25) is 9.79 Å². The quantitative estimate of drug-likeness (QED) is 0.539. The van der Waals surface area contributed by atoms with Crippen LogP contribution >= 0.6 is 11.6 Å². The highest BCUT2D eigenvalue weighted by Crippen LogP contribution is 2.22. The van der Waals surface area contributed by atoms with Gasteiger partial charge in [0.2, 0.25) is 5.91 Å². The third kappa shape index (κ3) is 7.55. The molecule has 6 nitrogen and oxygen atoms in total. The molecule has 134 valence electrons. The van der Waals surface area contributed by atoms with Crippen LogP contribution in [0.25, 0.3) is 0 Å². The Hall–Kier alpha value is -1.95. The van der Waals surface area contributed by atoms with Gasteiger partial charge in [-0.15, -0.1) is 0 Å². The highest BCUT2D eigenvalue weighted by atomic mass is 35.5. The van der Waals surface area contributed by atoms with E-state index in [0.29, 0.717) is 17.5 Å². The first-order chi connectivity index (χ1) is 11.2. The van der Waals surface area contributed by atoms with Crippen LogP contribution in [0.1, 0.15) is 26.3 Å². The number of carbonyl (C=O) groups is 1. The smallest absolute Gasteiger partial charge is 0.239 e. The van der Waals surface area contributed by atoms with Crippen molar-refractivity contribution < 1.29 is 9.53 Å². The van der Waals surface area contributed by atoms with Crippen molar-refractivity contribution in [3.05, 3.63) is 28.8 Å². The fourth-order valence-electron chi connectivity index (χ4n) is 2.02. The number of ether oxygens (including phenoxy) is 1. The summed E-state index contributed by atoms with van der Waals surface area (Å²) < 4.78 is 5.13. The summed E-state index contributed by atoms with van der Waals surface area (Å²) in [5.41, 5.74) is 0.770. The Labute approximate surface area is 149 Å². The molecule has 0 fully saturated rings. The number of hydrogen-bond donors (Lipinski definition) is 3. The van der Waals surface area contributed by atoms with Crippen LogP contribution in [0.2, 0.25) is 5.02 Å². The monoisotopic (exact) mass is 354 g/mol. The summed E-state index contributed by atoms with van der Waals surface area (Å²) in [6.07, 6.45) is 0.734. The van der Waals surface area contributed by atoms with Crippen LogP contribution in [0.5, 0.6) is 5.75 Å². The second kappa shape index (κ2) is 9.37. The Kier molecular flexibility index (Phi) is 7.85. The number of amides is 1. The van der Waals surface area contributed by atoms with E-state index >= 15 is 0 Å². The Morgan fingerprint density at radius 2 is 2.00 bits per heavy atom. The molecule has 0 heterocycles. The van der Waals surface area contributed by atoms with Crippen molar-refractivity contribution in [1.29, 1.82) is 0 Å². The molecule has 0 aliphatic rings. The molecule has 3 N–H and O–H groups in total. The molecule has 0 saturated heterocycles. The van der Waals surface area contributed by atoms with Crippen LogP contribution in [0.15, 0.2) is 23.2 Å². The molecule has 0 bridgehead atoms. The zero-order valence-corrected chi connectivity index (χ0v) is 15.8. The maximum absolute atomic E-state index is 11.8. The third-order valence-corrected chi connectivity index (χ3v) is 3.45. The molecule has 0 unspecified atom stereocenters. The van der Waals surface area contributed by atoms with Gasteiger partial charge in [0.15, 0.2) is 5.96 Å². The van der Waals surface area contributed by atoms with E-state index in [1.807, 2.05) is 32.9 Å². The Morgan fingerprint density at radius 1 is 1.29 bits per heavy atom. The Bertz CT molecular complexity index is 582. The van der Waals surface area contributed by atoms with Gasteiger partial charge < -0.3 is 20.7 Å². The predicted molar refractivity (Wildman–Crippen MR) is 99.0 cm³/mol. The predicted octanol–water partition coefficient (Wildman–Crippen LogP) is 1.97. The second-order valence-electron chi connectivity index (χ2n) is 6.36. The van der Waals surface area contributed by atoms with Crippen LogP contribution in [0, 0.1) is 0 Å². The van der Waals surface area contributed by atoms with Gasteiger partial charge in [-0.2, -0.15) is 0 Å². The standard InChI is InChI=1S/C17H27ClN4O2/c1-17(2,3)22-15(23)11-21-16(19-4)20-9-8-12-6-7-13(24-5)10-14(12)18/h6-7,10H,8-9,11H2,1-5H3,(H,22,23)(H2,19,20,21). The SMILES string of the molecule is CN=C(NCCc1ccc(OC)cc1Cl)NCC(=O)NC(C)(C)C. The minimum absolute atomic E-state index is 0.0800. The number of rotatable bonds is 6. The first kappa shape index (κ1) is 20.1. The molecule has 1 aromatic rings. The van der Waals surface area contributed by atoms with Gasteiger partial charge in [0.1, 0.15) is 5.75 Å². The van der Waals surface area contributed by atoms with Crippen LogP contribution in [-0.4, -0.2) is 44.7 Å². The summed E-state index contributed by atoms with van der Waals surface area (Å²) in [7, 11) is 3.27. The van der Waals surface area contributed by atoms with Crippen LogP contribution in [-0.2, 0) is 11.2 Å². The number of nitrogens with zero attached hydrogens (tertiary/aromatic N) is 1. The van der Waals surface area contributed by atoms with Crippen LogP contribution < -0.4 is 20.7 Å². The number of benzene rings is 1. The Balaban J connectivity index is 2.41. The average molecular weight is 355 g/mol. The number of aliphatic imine (C=N–C) groups is 1. The largest absolute Gasteiger partial charge is 0.497 e. The molecule has 1 aromatic carbocycles. The molecule has 0 spiro atoms. The fraction of sp³-hybridized carbons (Fsp3) is 0.529. The van der Waals surface area contributed by atoms with Crippen molar-refractivity contribution in [2.24, 2.45) is 4.99 Å². The summed E-state index contributed by atoms with van der Waals surface area (Å²) in [5, 5.41) is 9.70. The molecular formula is C17H27ClN4O2. The van der Waals surface area contributed by atoms with Crippen molar-refractivity contribution in [3.63, 3.8) is 0 Å². The molecule has 0 atom stereocenters. The molecular weight excluding hydrogens is 328 g/mol. The first-order valence-corrected chi connectivity index (χ1v) is 8.21. The average Bonchev–Trinajstić information content (AvgIpc) is 2.50. The number of methoxy groups -OCH3 is 1. The maximum Gasteiger partial charge on any atom is 0.239 e. The topological polar surface area (TPSA) is 74.8 Å². The van der Waals surface area contributed by atoms with E-state index in [9.17, 15) is 4.79 Å². The number of hydrogen-bond acceptors (Lipinski definition) is 3. The van der Waals surface area contributed by atoms with Crippen LogP contribution in [0.4, 0.5) is 0 Å². The zero-order chi connectivity index (χ0) is 18.2. The molecule has 0 aliphatic carbocycles. The second-order valence-corrected chi connectivity index (χ2v) is 6.77. The third-order valence-electron chi connectivity index (χ3n) is 3.10. The lowest BCUT2D eigenvalue weighted by molar-refractivity contribution is -0.121. The van der Waals surface area contributed by atoms with E-state index in [1.165, 1.54) is 0 Å². The number of nitrogens with one attached hydrogen (secondary N) is 3. The highest BCUT2D eigenvalue weighted by molar-refractivity contribution is 6.31. The normalized spacial score (nSPS) is 11.8. The molecule has 1 amide bonds. The van der Waals surface area contributed by atoms with Crippen molar-refractivity contribution in [3.8, 4) is 5.75 Å². The number of guanidine groups is 1. The summed E-state index contributed by atoms with van der Waals surface area (Å²) in [5.74, 6) is 1.23. The van der Waals surface area contributed by atoms with Crippen LogP contribution in [0.3, 0.4) is 0 Å². The minimum Gasteiger partial charge on any atom is -0.497 e. The molecule has 0 aromatic heterocycles. The number of halogens is 1. The van der Waals surface area contributed by atoms with E-state index in [4.69, 9.17) is 16.3 Å². The van der Waals surface area contributed by atoms with E-state index in [-0.39, 0.29) is 18.0 Å². The summed E-state index contributed by atoms with van der Waals surface area (Å²) in [4.78, 5) is 15.9. The van der Waals surface area contributed by atoms with Crippen molar-refractivity contribution in [2.75, 3.05) is 27.2 Å². The van der Waals surface area contributed by atoms with Crippen molar-refractivity contribution >= 4 is 23.5 Å². The van der Waals surface area contributed by atoms with E-state index in [0.717, 1.165) is 17.7 Å². The lowest BCUT2D eigenvalue weighted by Gasteiger charge is -2.21. The van der Waals surface area contributed by atoms with Gasteiger partial charge in [0.05, 0.1) is 13.7 Å². The van der Waals surface area contributed by atoms with Gasteiger partial charge in [0.25, 0.3) is 0 Å². The zero-order valence-electron chi connectivity index (χ0n) is 15.0. The molecule has 7 heteroatoms. The highest BCUT2D eigenvalue weighted by Gasteiger charge is 2.13. The van der Waals surface area contributed by atoms with E-state index in [1.54, 1.807) is 20.2 Å². The van der Waals surface area contributed by atoms with E-state index < -0.39 is 0 Å². The van der Waals surface area contributed by atoms with Gasteiger partial charge in [-0.05, 0) is 44.9 Å². The molecule has 0 saturated carbocycles. The summed E-state index contributed by atoms with van der Waals surface area (Å²) >= 11 is 6.21. The number of carbonyl (C=O) groups excluding carboxylic acids is 1. The lowest BCUT2D eigenvalue weighted by Crippen LogP contribution is -2.48. The minimum atomic E-state index is -0.249. The van der Waals surface area contributed by atoms with Crippen molar-refractivity contribution in [2.45, 2.75) is 32.7 Å². The Morgan fingerprint density at radius 3 is 2.54 bits per heavy atom. The van der Waals surface area contributed by atoms with Gasteiger partial charge >= 0.3 is 0 Å². The van der Waals surface area contributed by atoms with Gasteiger partial charge in [0, 0.05) is 24.2 Å². The van der Waals surface area contributed by atoms with Gasteiger partial charge in [-0.1, -0.05) is 17.7 Å². The molecule has 24 heavy (non-hydrogen) atoms. The fourth-order valence-corrected chi connectivity index (χ4v) is 2.29. The lowest BCUT2D eigenvalue weighted by atomic mass is 10.1. The summed E-state index contributed by atoms with van der Waals surface area (Å²) in [6, 6.07) is 5.61. The van der Waals surface area contributed by atoms with Crippen molar-refractivity contribution in [1.82, 2.24) is 16.0 Å². The molecule has 0 aliphatic heterocycles.